The maximum Gasteiger partial charge on any atom is 0.258 e. The van der Waals surface area contributed by atoms with E-state index in [9.17, 15) is 4.79 Å². The SMILES string of the molecule is COc1cccc(N[C@@H]2C[C@H](C)N(C(=O)c3ccccc3)c3ccccc32)c1. The Hall–Kier alpha value is -3.27. The molecule has 0 aliphatic carbocycles. The van der Waals surface area contributed by atoms with E-state index in [-0.39, 0.29) is 18.0 Å². The van der Waals surface area contributed by atoms with Crippen LogP contribution in [0.15, 0.2) is 78.9 Å². The third-order valence-corrected chi connectivity index (χ3v) is 5.24. The summed E-state index contributed by atoms with van der Waals surface area (Å²) in [6.07, 6.45) is 0.826. The molecule has 4 rings (SSSR count). The summed E-state index contributed by atoms with van der Waals surface area (Å²) in [5.41, 5.74) is 3.82. The topological polar surface area (TPSA) is 41.6 Å². The Morgan fingerprint density at radius 1 is 1.00 bits per heavy atom. The van der Waals surface area contributed by atoms with Crippen LogP contribution in [0.4, 0.5) is 11.4 Å². The van der Waals surface area contributed by atoms with Gasteiger partial charge in [-0.1, -0.05) is 42.5 Å². The molecule has 1 aliphatic heterocycles. The van der Waals surface area contributed by atoms with Crippen LogP contribution in [0, 0.1) is 0 Å². The van der Waals surface area contributed by atoms with Gasteiger partial charge in [0, 0.05) is 29.0 Å². The standard InChI is InChI=1S/C24H24N2O2/c1-17-15-22(25-19-11-8-12-20(16-19)28-2)21-13-6-7-14-23(21)26(17)24(27)18-9-4-3-5-10-18/h3-14,16-17,22,25H,15H2,1-2H3/t17-,22+/m0/s1. The fraction of sp³-hybridized carbons (Fsp3) is 0.208. The number of ether oxygens (including phenoxy) is 1. The van der Waals surface area contributed by atoms with Crippen LogP contribution in [-0.4, -0.2) is 19.1 Å². The van der Waals surface area contributed by atoms with Crippen molar-refractivity contribution in [1.29, 1.82) is 0 Å². The molecule has 1 amide bonds. The van der Waals surface area contributed by atoms with Crippen molar-refractivity contribution in [1.82, 2.24) is 0 Å². The Bertz CT molecular complexity index is 971. The van der Waals surface area contributed by atoms with Gasteiger partial charge in [0.05, 0.1) is 13.2 Å². The van der Waals surface area contributed by atoms with E-state index in [4.69, 9.17) is 4.74 Å². The highest BCUT2D eigenvalue weighted by atomic mass is 16.5. The molecule has 1 N–H and O–H groups in total. The van der Waals surface area contributed by atoms with Gasteiger partial charge < -0.3 is 15.0 Å². The second-order valence-corrected chi connectivity index (χ2v) is 7.11. The average Bonchev–Trinajstić information content (AvgIpc) is 2.74. The molecule has 4 heteroatoms. The number of anilines is 2. The largest absolute Gasteiger partial charge is 0.497 e. The molecule has 4 nitrogen and oxygen atoms in total. The van der Waals surface area contributed by atoms with Gasteiger partial charge in [-0.15, -0.1) is 0 Å². The van der Waals surface area contributed by atoms with Crippen molar-refractivity contribution in [3.05, 3.63) is 90.0 Å². The summed E-state index contributed by atoms with van der Waals surface area (Å²) in [6, 6.07) is 25.8. The van der Waals surface area contributed by atoms with Gasteiger partial charge in [0.15, 0.2) is 0 Å². The summed E-state index contributed by atoms with van der Waals surface area (Å²) in [4.78, 5) is 15.1. The molecule has 0 spiro atoms. The molecule has 0 unspecified atom stereocenters. The number of rotatable bonds is 4. The predicted octanol–water partition coefficient (Wildman–Crippen LogP) is 5.29. The summed E-state index contributed by atoms with van der Waals surface area (Å²) in [5, 5.41) is 3.62. The van der Waals surface area contributed by atoms with Crippen LogP contribution in [0.1, 0.15) is 35.3 Å². The number of hydrogen-bond donors (Lipinski definition) is 1. The van der Waals surface area contributed by atoms with Crippen molar-refractivity contribution in [2.24, 2.45) is 0 Å². The molecule has 3 aromatic rings. The van der Waals surface area contributed by atoms with E-state index in [2.05, 4.69) is 18.3 Å². The van der Waals surface area contributed by atoms with Crippen LogP contribution in [0.25, 0.3) is 0 Å². The second-order valence-electron chi connectivity index (χ2n) is 7.11. The Kier molecular flexibility index (Phi) is 5.02. The number of benzene rings is 3. The van der Waals surface area contributed by atoms with Crippen LogP contribution in [0.5, 0.6) is 5.75 Å². The molecule has 2 atom stereocenters. The molecule has 1 aliphatic rings. The number of nitrogens with one attached hydrogen (secondary N) is 1. The third kappa shape index (κ3) is 3.46. The quantitative estimate of drug-likeness (QED) is 0.677. The average molecular weight is 372 g/mol. The van der Waals surface area contributed by atoms with Crippen molar-refractivity contribution in [3.63, 3.8) is 0 Å². The number of methoxy groups -OCH3 is 1. The van der Waals surface area contributed by atoms with Crippen LogP contribution in [0.3, 0.4) is 0 Å². The molecule has 142 valence electrons. The minimum atomic E-state index is 0.0420. The van der Waals surface area contributed by atoms with E-state index in [1.54, 1.807) is 7.11 Å². The molecule has 0 saturated heterocycles. The molecule has 0 fully saturated rings. The minimum Gasteiger partial charge on any atom is -0.497 e. The highest BCUT2D eigenvalue weighted by Crippen LogP contribution is 2.39. The number of amides is 1. The van der Waals surface area contributed by atoms with Crippen LogP contribution in [-0.2, 0) is 0 Å². The maximum atomic E-state index is 13.2. The first-order valence-corrected chi connectivity index (χ1v) is 9.55. The number of fused-ring (bicyclic) bond motifs is 1. The van der Waals surface area contributed by atoms with E-state index < -0.39 is 0 Å². The summed E-state index contributed by atoms with van der Waals surface area (Å²) >= 11 is 0. The summed E-state index contributed by atoms with van der Waals surface area (Å²) < 4.78 is 5.34. The molecule has 0 aromatic heterocycles. The second kappa shape index (κ2) is 7.77. The monoisotopic (exact) mass is 372 g/mol. The van der Waals surface area contributed by atoms with Crippen molar-refractivity contribution < 1.29 is 9.53 Å². The number of nitrogens with zero attached hydrogens (tertiary/aromatic N) is 1. The Morgan fingerprint density at radius 3 is 2.54 bits per heavy atom. The molecule has 0 radical (unpaired) electrons. The molecule has 3 aromatic carbocycles. The summed E-state index contributed by atoms with van der Waals surface area (Å²) in [6.45, 7) is 2.11. The summed E-state index contributed by atoms with van der Waals surface area (Å²) in [7, 11) is 1.67. The normalized spacial score (nSPS) is 18.3. The molecule has 0 bridgehead atoms. The number of para-hydroxylation sites is 1. The zero-order valence-electron chi connectivity index (χ0n) is 16.1. The van der Waals surface area contributed by atoms with Gasteiger partial charge in [-0.05, 0) is 49.2 Å². The smallest absolute Gasteiger partial charge is 0.258 e. The van der Waals surface area contributed by atoms with Gasteiger partial charge in [0.25, 0.3) is 5.91 Å². The van der Waals surface area contributed by atoms with Crippen molar-refractivity contribution in [2.75, 3.05) is 17.3 Å². The van der Waals surface area contributed by atoms with Gasteiger partial charge in [-0.3, -0.25) is 4.79 Å². The maximum absolute atomic E-state index is 13.2. The molecular formula is C24H24N2O2. The molecule has 1 heterocycles. The van der Waals surface area contributed by atoms with E-state index in [1.807, 2.05) is 77.7 Å². The zero-order valence-corrected chi connectivity index (χ0v) is 16.1. The van der Waals surface area contributed by atoms with E-state index in [0.717, 1.165) is 29.1 Å². The van der Waals surface area contributed by atoms with E-state index in [0.29, 0.717) is 5.56 Å². The van der Waals surface area contributed by atoms with E-state index in [1.165, 1.54) is 0 Å². The van der Waals surface area contributed by atoms with Gasteiger partial charge in [-0.2, -0.15) is 0 Å². The lowest BCUT2D eigenvalue weighted by molar-refractivity contribution is 0.0974. The molecular weight excluding hydrogens is 348 g/mol. The summed E-state index contributed by atoms with van der Waals surface area (Å²) in [5.74, 6) is 0.864. The van der Waals surface area contributed by atoms with Crippen LogP contribution in [0.2, 0.25) is 0 Å². The first-order chi connectivity index (χ1) is 13.7. The lowest BCUT2D eigenvalue weighted by Gasteiger charge is -2.40. The lowest BCUT2D eigenvalue weighted by Crippen LogP contribution is -2.44. The third-order valence-electron chi connectivity index (χ3n) is 5.24. The van der Waals surface area contributed by atoms with Crippen molar-refractivity contribution in [3.8, 4) is 5.75 Å². The van der Waals surface area contributed by atoms with E-state index >= 15 is 0 Å². The van der Waals surface area contributed by atoms with Crippen LogP contribution < -0.4 is 15.0 Å². The Labute approximate surface area is 165 Å². The number of hydrogen-bond acceptors (Lipinski definition) is 3. The van der Waals surface area contributed by atoms with Gasteiger partial charge >= 0.3 is 0 Å². The Balaban J connectivity index is 1.67. The fourth-order valence-corrected chi connectivity index (χ4v) is 3.89. The zero-order chi connectivity index (χ0) is 19.5. The van der Waals surface area contributed by atoms with Gasteiger partial charge in [0.2, 0.25) is 0 Å². The predicted molar refractivity (Wildman–Crippen MR) is 113 cm³/mol. The molecule has 0 saturated carbocycles. The minimum absolute atomic E-state index is 0.0420. The van der Waals surface area contributed by atoms with Gasteiger partial charge in [-0.25, -0.2) is 0 Å². The van der Waals surface area contributed by atoms with Crippen LogP contribution >= 0.6 is 0 Å². The molecule has 28 heavy (non-hydrogen) atoms. The number of carbonyl (C=O) groups excluding carboxylic acids is 1. The van der Waals surface area contributed by atoms with Crippen molar-refractivity contribution in [2.45, 2.75) is 25.4 Å². The van der Waals surface area contributed by atoms with Crippen molar-refractivity contribution >= 4 is 17.3 Å². The first-order valence-electron chi connectivity index (χ1n) is 9.55. The van der Waals surface area contributed by atoms with Gasteiger partial charge in [0.1, 0.15) is 5.75 Å². The highest BCUT2D eigenvalue weighted by Gasteiger charge is 2.34. The lowest BCUT2D eigenvalue weighted by atomic mass is 9.90. The Morgan fingerprint density at radius 2 is 1.75 bits per heavy atom. The first kappa shape index (κ1) is 18.1. The fourth-order valence-electron chi connectivity index (χ4n) is 3.89. The number of carbonyl (C=O) groups is 1. The highest BCUT2D eigenvalue weighted by molar-refractivity contribution is 6.07.